The molecule has 0 atom stereocenters. The van der Waals surface area contributed by atoms with E-state index in [2.05, 4.69) is 21.1 Å². The van der Waals surface area contributed by atoms with Crippen LogP contribution in [0.3, 0.4) is 0 Å². The van der Waals surface area contributed by atoms with Crippen molar-refractivity contribution in [3.05, 3.63) is 29.3 Å². The quantitative estimate of drug-likeness (QED) is 0.753. The molecule has 0 aromatic carbocycles. The van der Waals surface area contributed by atoms with E-state index in [4.69, 9.17) is 9.26 Å². The Morgan fingerprint density at radius 1 is 1.35 bits per heavy atom. The summed E-state index contributed by atoms with van der Waals surface area (Å²) in [6.07, 6.45) is 1.47. The number of rotatable bonds is 3. The second kappa shape index (κ2) is 5.43. The molecule has 2 amide bonds. The zero-order valence-electron chi connectivity index (χ0n) is 11.1. The van der Waals surface area contributed by atoms with Crippen molar-refractivity contribution in [1.82, 2.24) is 25.8 Å². The molecule has 106 valence electrons. The summed E-state index contributed by atoms with van der Waals surface area (Å²) in [4.78, 5) is 23.5. The second-order valence-electron chi connectivity index (χ2n) is 3.96. The van der Waals surface area contributed by atoms with Crippen LogP contribution in [0.15, 0.2) is 16.8 Å². The van der Waals surface area contributed by atoms with Crippen molar-refractivity contribution in [2.75, 3.05) is 7.11 Å². The number of aromatic nitrogens is 3. The van der Waals surface area contributed by atoms with E-state index in [0.29, 0.717) is 5.76 Å². The minimum absolute atomic E-state index is 0.0703. The maximum absolute atomic E-state index is 11.9. The lowest BCUT2D eigenvalue weighted by Crippen LogP contribution is -2.41. The van der Waals surface area contributed by atoms with Crippen molar-refractivity contribution >= 4 is 11.8 Å². The molecule has 9 heteroatoms. The molecule has 2 rings (SSSR count). The average Bonchev–Trinajstić information content (AvgIpc) is 3.01. The molecule has 2 aromatic rings. The molecule has 20 heavy (non-hydrogen) atoms. The van der Waals surface area contributed by atoms with Gasteiger partial charge in [-0.2, -0.15) is 0 Å². The smallest absolute Gasteiger partial charge is 0.291 e. The van der Waals surface area contributed by atoms with E-state index in [9.17, 15) is 9.59 Å². The van der Waals surface area contributed by atoms with Gasteiger partial charge < -0.3 is 9.26 Å². The molecule has 0 spiro atoms. The molecule has 0 aliphatic rings. The summed E-state index contributed by atoms with van der Waals surface area (Å²) in [5, 5.41) is 7.46. The third-order valence-electron chi connectivity index (χ3n) is 2.38. The van der Waals surface area contributed by atoms with Gasteiger partial charge in [0.1, 0.15) is 11.3 Å². The van der Waals surface area contributed by atoms with Crippen molar-refractivity contribution in [2.24, 2.45) is 7.05 Å². The van der Waals surface area contributed by atoms with E-state index in [0.717, 1.165) is 0 Å². The van der Waals surface area contributed by atoms with Crippen LogP contribution < -0.4 is 15.6 Å². The van der Waals surface area contributed by atoms with Gasteiger partial charge in [-0.3, -0.25) is 25.1 Å². The summed E-state index contributed by atoms with van der Waals surface area (Å²) in [6, 6.07) is 1.45. The molecule has 2 aromatic heterocycles. The van der Waals surface area contributed by atoms with E-state index in [1.807, 2.05) is 0 Å². The minimum atomic E-state index is -0.585. The topological polar surface area (TPSA) is 111 Å². The second-order valence-corrected chi connectivity index (χ2v) is 3.96. The number of amides is 2. The van der Waals surface area contributed by atoms with Gasteiger partial charge in [-0.1, -0.05) is 5.16 Å². The number of hydrazine groups is 1. The highest BCUT2D eigenvalue weighted by molar-refractivity contribution is 5.99. The Morgan fingerprint density at radius 3 is 2.65 bits per heavy atom. The average molecular weight is 279 g/mol. The Labute approximate surface area is 113 Å². The molecule has 0 saturated heterocycles. The van der Waals surface area contributed by atoms with Gasteiger partial charge in [0, 0.05) is 19.3 Å². The number of nitrogens with one attached hydrogen (secondary N) is 2. The van der Waals surface area contributed by atoms with Gasteiger partial charge in [0.15, 0.2) is 5.69 Å². The van der Waals surface area contributed by atoms with Gasteiger partial charge in [-0.15, -0.1) is 5.10 Å². The molecule has 9 nitrogen and oxygen atoms in total. The normalized spacial score (nSPS) is 10.2. The summed E-state index contributed by atoms with van der Waals surface area (Å²) in [5.41, 5.74) is 4.73. The summed E-state index contributed by atoms with van der Waals surface area (Å²) in [5.74, 6) is -0.478. The lowest BCUT2D eigenvalue weighted by Gasteiger charge is -2.04. The fraction of sp³-hybridized carbons (Fsp3) is 0.273. The maximum Gasteiger partial charge on any atom is 0.291 e. The molecule has 0 aliphatic heterocycles. The molecule has 2 heterocycles. The Balaban J connectivity index is 2.00. The zero-order valence-corrected chi connectivity index (χ0v) is 11.1. The van der Waals surface area contributed by atoms with Crippen molar-refractivity contribution in [2.45, 2.75) is 6.92 Å². The van der Waals surface area contributed by atoms with Crippen LogP contribution in [-0.4, -0.2) is 33.9 Å². The molecular formula is C11H13N5O4. The lowest BCUT2D eigenvalue weighted by molar-refractivity contribution is 0.0839. The van der Waals surface area contributed by atoms with Crippen LogP contribution in [0, 0.1) is 6.92 Å². The van der Waals surface area contributed by atoms with Gasteiger partial charge in [-0.05, 0) is 6.92 Å². The lowest BCUT2D eigenvalue weighted by atomic mass is 10.3. The van der Waals surface area contributed by atoms with Crippen LogP contribution in [0.2, 0.25) is 0 Å². The van der Waals surface area contributed by atoms with E-state index in [1.165, 1.54) is 24.1 Å². The number of ether oxygens (including phenoxy) is 1. The van der Waals surface area contributed by atoms with Crippen LogP contribution in [0.1, 0.15) is 26.6 Å². The number of nitrogens with zero attached hydrogens (tertiary/aromatic N) is 3. The first-order chi connectivity index (χ1) is 9.51. The first kappa shape index (κ1) is 13.6. The molecule has 0 unspecified atom stereocenters. The molecule has 0 aliphatic carbocycles. The Kier molecular flexibility index (Phi) is 3.69. The van der Waals surface area contributed by atoms with E-state index in [-0.39, 0.29) is 17.1 Å². The van der Waals surface area contributed by atoms with Gasteiger partial charge >= 0.3 is 0 Å². The predicted molar refractivity (Wildman–Crippen MR) is 65.9 cm³/mol. The SMILES string of the molecule is COc1nn(C)cc1C(=O)NNC(=O)c1cc(C)on1. The monoisotopic (exact) mass is 279 g/mol. The van der Waals surface area contributed by atoms with Crippen molar-refractivity contribution in [1.29, 1.82) is 0 Å². The van der Waals surface area contributed by atoms with Crippen LogP contribution in [0.25, 0.3) is 0 Å². The van der Waals surface area contributed by atoms with Crippen LogP contribution in [-0.2, 0) is 7.05 Å². The standard InChI is InChI=1S/C11H13N5O4/c1-6-4-8(15-20-6)10(18)13-12-9(17)7-5-16(2)14-11(7)19-3/h4-5H,1-3H3,(H,12,17)(H,13,18). The summed E-state index contributed by atoms with van der Waals surface area (Å²) >= 11 is 0. The maximum atomic E-state index is 11.9. The number of methoxy groups -OCH3 is 1. The van der Waals surface area contributed by atoms with Crippen LogP contribution >= 0.6 is 0 Å². The number of hydrogen-bond donors (Lipinski definition) is 2. The van der Waals surface area contributed by atoms with Crippen molar-refractivity contribution in [3.8, 4) is 5.88 Å². The van der Waals surface area contributed by atoms with E-state index >= 15 is 0 Å². The van der Waals surface area contributed by atoms with Crippen molar-refractivity contribution in [3.63, 3.8) is 0 Å². The third kappa shape index (κ3) is 2.76. The molecular weight excluding hydrogens is 266 g/mol. The third-order valence-corrected chi connectivity index (χ3v) is 2.38. The van der Waals surface area contributed by atoms with Gasteiger partial charge in [0.25, 0.3) is 11.8 Å². The Bertz CT molecular complexity index is 645. The van der Waals surface area contributed by atoms with Gasteiger partial charge in [0.05, 0.1) is 7.11 Å². The highest BCUT2D eigenvalue weighted by Crippen LogP contribution is 2.13. The fourth-order valence-corrected chi connectivity index (χ4v) is 1.49. The number of carbonyl (C=O) groups excluding carboxylic acids is 2. The van der Waals surface area contributed by atoms with E-state index < -0.39 is 11.8 Å². The van der Waals surface area contributed by atoms with Gasteiger partial charge in [-0.25, -0.2) is 0 Å². The van der Waals surface area contributed by atoms with Crippen molar-refractivity contribution < 1.29 is 18.8 Å². The highest BCUT2D eigenvalue weighted by Gasteiger charge is 2.18. The molecule has 0 saturated carbocycles. The highest BCUT2D eigenvalue weighted by atomic mass is 16.5. The molecule has 0 bridgehead atoms. The number of hydrogen-bond acceptors (Lipinski definition) is 6. The Hall–Kier alpha value is -2.84. The minimum Gasteiger partial charge on any atom is -0.479 e. The Morgan fingerprint density at radius 2 is 2.05 bits per heavy atom. The van der Waals surface area contributed by atoms with Crippen LogP contribution in [0.4, 0.5) is 0 Å². The van der Waals surface area contributed by atoms with Gasteiger partial charge in [0.2, 0.25) is 5.88 Å². The summed E-state index contributed by atoms with van der Waals surface area (Å²) in [7, 11) is 3.05. The largest absolute Gasteiger partial charge is 0.479 e. The predicted octanol–water partition coefficient (Wildman–Crippen LogP) is -0.200. The summed E-state index contributed by atoms with van der Waals surface area (Å²) < 4.78 is 11.1. The molecule has 0 fully saturated rings. The number of aryl methyl sites for hydroxylation is 2. The van der Waals surface area contributed by atoms with E-state index in [1.54, 1.807) is 14.0 Å². The summed E-state index contributed by atoms with van der Waals surface area (Å²) in [6.45, 7) is 1.66. The molecule has 0 radical (unpaired) electrons. The molecule has 2 N–H and O–H groups in total. The first-order valence-corrected chi connectivity index (χ1v) is 5.63. The fourth-order valence-electron chi connectivity index (χ4n) is 1.49. The van der Waals surface area contributed by atoms with Crippen LogP contribution in [0.5, 0.6) is 5.88 Å². The number of carbonyl (C=O) groups is 2. The zero-order chi connectivity index (χ0) is 14.7. The first-order valence-electron chi connectivity index (χ1n) is 5.63.